The van der Waals surface area contributed by atoms with E-state index < -0.39 is 0 Å². The molecule has 0 N–H and O–H groups in total. The molecule has 0 amide bonds. The van der Waals surface area contributed by atoms with E-state index in [4.69, 9.17) is 4.74 Å². The number of thioether (sulfide) groups is 1. The van der Waals surface area contributed by atoms with Crippen molar-refractivity contribution in [3.63, 3.8) is 0 Å². The maximum Gasteiger partial charge on any atom is 0.333 e. The minimum atomic E-state index is -0.374. The highest BCUT2D eigenvalue weighted by atomic mass is 32.2. The quantitative estimate of drug-likeness (QED) is 0.431. The zero-order valence-corrected chi connectivity index (χ0v) is 15.7. The molecule has 3 unspecified atom stereocenters. The molecule has 0 saturated heterocycles. The van der Waals surface area contributed by atoms with Gasteiger partial charge in [-0.15, -0.1) is 0 Å². The van der Waals surface area contributed by atoms with Crippen LogP contribution >= 0.6 is 24.4 Å². The first-order valence-corrected chi connectivity index (χ1v) is 10.2. The minimum Gasteiger partial charge on any atom is -0.456 e. The van der Waals surface area contributed by atoms with Gasteiger partial charge < -0.3 is 4.74 Å². The lowest BCUT2D eigenvalue weighted by Crippen LogP contribution is -2.46. The highest BCUT2D eigenvalue weighted by Gasteiger charge is 2.43. The van der Waals surface area contributed by atoms with Gasteiger partial charge in [-0.25, -0.2) is 4.79 Å². The molecule has 0 aliphatic heterocycles. The molecule has 3 atom stereocenters. The largest absolute Gasteiger partial charge is 0.456 e. The minimum absolute atomic E-state index is 0.257. The number of hydrogen-bond acceptors (Lipinski definition) is 4. The van der Waals surface area contributed by atoms with Crippen LogP contribution < -0.4 is 0 Å². The second-order valence-corrected chi connectivity index (χ2v) is 9.13. The van der Waals surface area contributed by atoms with Gasteiger partial charge in [0.25, 0.3) is 0 Å². The molecule has 2 aliphatic carbocycles. The van der Waals surface area contributed by atoms with Crippen LogP contribution in [0.2, 0.25) is 0 Å². The van der Waals surface area contributed by atoms with Crippen molar-refractivity contribution in [3.05, 3.63) is 12.2 Å². The van der Waals surface area contributed by atoms with Crippen LogP contribution in [0.4, 0.5) is 0 Å². The van der Waals surface area contributed by atoms with E-state index in [1.807, 2.05) is 0 Å². The summed E-state index contributed by atoms with van der Waals surface area (Å²) in [5.74, 6) is 0.864. The number of esters is 1. The first kappa shape index (κ1) is 18.3. The molecule has 0 spiro atoms. The Morgan fingerprint density at radius 2 is 1.95 bits per heavy atom. The van der Waals surface area contributed by atoms with Gasteiger partial charge in [-0.3, -0.25) is 0 Å². The molecule has 0 aromatic rings. The van der Waals surface area contributed by atoms with E-state index in [2.05, 4.69) is 37.9 Å². The first-order chi connectivity index (χ1) is 10.4. The molecule has 0 aromatic heterocycles. The molecule has 0 aromatic carbocycles. The van der Waals surface area contributed by atoms with Crippen molar-refractivity contribution in [2.75, 3.05) is 5.75 Å². The van der Waals surface area contributed by atoms with Gasteiger partial charge in [-0.05, 0) is 51.7 Å². The zero-order valence-electron chi connectivity index (χ0n) is 14.0. The van der Waals surface area contributed by atoms with Crippen LogP contribution in [0.3, 0.4) is 0 Å². The van der Waals surface area contributed by atoms with Crippen LogP contribution in [0, 0.1) is 5.92 Å². The summed E-state index contributed by atoms with van der Waals surface area (Å²) in [7, 11) is 0. The van der Waals surface area contributed by atoms with Gasteiger partial charge in [0.05, 0.1) is 0 Å². The molecule has 2 saturated carbocycles. The Hall–Kier alpha value is -0.0900. The summed E-state index contributed by atoms with van der Waals surface area (Å²) in [6.45, 7) is 7.49. The van der Waals surface area contributed by atoms with E-state index in [0.717, 1.165) is 30.3 Å². The number of thiol groups is 1. The Labute approximate surface area is 145 Å². The van der Waals surface area contributed by atoms with Crippen molar-refractivity contribution in [3.8, 4) is 0 Å². The predicted molar refractivity (Wildman–Crippen MR) is 98.8 cm³/mol. The van der Waals surface area contributed by atoms with Crippen molar-refractivity contribution in [1.82, 2.24) is 0 Å². The summed E-state index contributed by atoms with van der Waals surface area (Å²) >= 11 is 6.73. The monoisotopic (exact) mass is 342 g/mol. The van der Waals surface area contributed by atoms with E-state index in [0.29, 0.717) is 16.7 Å². The first-order valence-electron chi connectivity index (χ1n) is 8.60. The highest BCUT2D eigenvalue weighted by molar-refractivity contribution is 8.00. The smallest absolute Gasteiger partial charge is 0.333 e. The van der Waals surface area contributed by atoms with Crippen LogP contribution in [0.5, 0.6) is 0 Å². The summed E-state index contributed by atoms with van der Waals surface area (Å²) < 4.78 is 5.79. The molecule has 2 fully saturated rings. The van der Waals surface area contributed by atoms with Gasteiger partial charge in [-0.1, -0.05) is 25.8 Å². The molecule has 0 heterocycles. The van der Waals surface area contributed by atoms with Gasteiger partial charge >= 0.3 is 5.97 Å². The highest BCUT2D eigenvalue weighted by Crippen LogP contribution is 2.44. The van der Waals surface area contributed by atoms with Crippen LogP contribution in [0.1, 0.15) is 65.2 Å². The maximum absolute atomic E-state index is 11.9. The Kier molecular flexibility index (Phi) is 6.75. The fraction of sp³-hybridized carbons (Fsp3) is 0.833. The van der Waals surface area contributed by atoms with Crippen LogP contribution in [0.15, 0.2) is 12.2 Å². The van der Waals surface area contributed by atoms with Gasteiger partial charge in [-0.2, -0.15) is 24.4 Å². The third-order valence-electron chi connectivity index (χ3n) is 5.21. The molecule has 2 aliphatic rings. The Balaban J connectivity index is 1.92. The molecule has 126 valence electrons. The van der Waals surface area contributed by atoms with Crippen molar-refractivity contribution in [2.24, 2.45) is 5.92 Å². The molecule has 0 radical (unpaired) electrons. The van der Waals surface area contributed by atoms with E-state index in [1.165, 1.54) is 32.1 Å². The summed E-state index contributed by atoms with van der Waals surface area (Å²) in [5.41, 5.74) is 0.111. The van der Waals surface area contributed by atoms with Gasteiger partial charge in [0.1, 0.15) is 5.60 Å². The number of rotatable bonds is 5. The standard InChI is InChI=1S/C18H30O2S2/c1-13(2)17(19)20-18(3)10-9-16(11-14(18)12-21)22-15-7-5-4-6-8-15/h14-16,21H,1,4-12H2,2-3H3. The van der Waals surface area contributed by atoms with Gasteiger partial charge in [0.15, 0.2) is 0 Å². The number of carbonyl (C=O) groups excluding carboxylic acids is 1. The summed E-state index contributed by atoms with van der Waals surface area (Å²) in [6, 6.07) is 0. The van der Waals surface area contributed by atoms with E-state index >= 15 is 0 Å². The Morgan fingerprint density at radius 3 is 2.55 bits per heavy atom. The predicted octanol–water partition coefficient (Wildman–Crippen LogP) is 5.03. The van der Waals surface area contributed by atoms with E-state index in [1.54, 1.807) is 6.92 Å². The Morgan fingerprint density at radius 1 is 1.27 bits per heavy atom. The van der Waals surface area contributed by atoms with Crippen LogP contribution in [-0.2, 0) is 9.53 Å². The van der Waals surface area contributed by atoms with Crippen molar-refractivity contribution in [1.29, 1.82) is 0 Å². The van der Waals surface area contributed by atoms with Crippen LogP contribution in [0.25, 0.3) is 0 Å². The average molecular weight is 343 g/mol. The normalized spacial score (nSPS) is 33.4. The topological polar surface area (TPSA) is 26.3 Å². The molecule has 2 nitrogen and oxygen atoms in total. The maximum atomic E-state index is 11.9. The third-order valence-corrected chi connectivity index (χ3v) is 7.32. The van der Waals surface area contributed by atoms with Crippen molar-refractivity contribution < 1.29 is 9.53 Å². The molecular weight excluding hydrogens is 312 g/mol. The lowest BCUT2D eigenvalue weighted by atomic mass is 9.77. The van der Waals surface area contributed by atoms with Gasteiger partial charge in [0.2, 0.25) is 0 Å². The zero-order chi connectivity index (χ0) is 16.2. The van der Waals surface area contributed by atoms with Crippen molar-refractivity contribution >= 4 is 30.4 Å². The average Bonchev–Trinajstić information content (AvgIpc) is 2.50. The molecule has 4 heteroatoms. The fourth-order valence-electron chi connectivity index (χ4n) is 3.63. The molecular formula is C18H30O2S2. The van der Waals surface area contributed by atoms with Gasteiger partial charge in [0, 0.05) is 22.0 Å². The fourth-order valence-corrected chi connectivity index (χ4v) is 5.92. The number of ether oxygens (including phenoxy) is 1. The van der Waals surface area contributed by atoms with Crippen molar-refractivity contribution in [2.45, 2.75) is 81.3 Å². The molecule has 2 rings (SSSR count). The molecule has 22 heavy (non-hydrogen) atoms. The second kappa shape index (κ2) is 8.14. The molecule has 0 bridgehead atoms. The van der Waals surface area contributed by atoms with Crippen LogP contribution in [-0.4, -0.2) is 27.8 Å². The number of hydrogen-bond donors (Lipinski definition) is 1. The van der Waals surface area contributed by atoms with E-state index in [-0.39, 0.29) is 11.6 Å². The summed E-state index contributed by atoms with van der Waals surface area (Å²) in [6.07, 6.45) is 10.2. The lowest BCUT2D eigenvalue weighted by Gasteiger charge is -2.44. The Bertz CT molecular complexity index is 404. The van der Waals surface area contributed by atoms with E-state index in [9.17, 15) is 4.79 Å². The lowest BCUT2D eigenvalue weighted by molar-refractivity contribution is -0.161. The SMILES string of the molecule is C=C(C)C(=O)OC1(C)CCC(SC2CCCCC2)CC1CS. The number of carbonyl (C=O) groups is 1. The summed E-state index contributed by atoms with van der Waals surface area (Å²) in [5, 5.41) is 1.55. The third kappa shape index (κ3) is 4.70. The summed E-state index contributed by atoms with van der Waals surface area (Å²) in [4.78, 5) is 11.9. The second-order valence-electron chi connectivity index (χ2n) is 7.15.